The van der Waals surface area contributed by atoms with Gasteiger partial charge in [-0.05, 0) is 18.7 Å². The monoisotopic (exact) mass is 248 g/mol. The number of para-hydroxylation sites is 2. The minimum atomic E-state index is 0.354. The molecule has 0 unspecified atom stereocenters. The third-order valence-corrected chi connectivity index (χ3v) is 2.34. The molecule has 0 bridgehead atoms. The Bertz CT molecular complexity index is 498. The highest BCUT2D eigenvalue weighted by Crippen LogP contribution is 2.26. The van der Waals surface area contributed by atoms with Gasteiger partial charge in [-0.25, -0.2) is 0 Å². The maximum atomic E-state index is 5.44. The second kappa shape index (κ2) is 6.02. The summed E-state index contributed by atoms with van der Waals surface area (Å²) in [4.78, 5) is 0. The van der Waals surface area contributed by atoms with Crippen molar-refractivity contribution in [1.29, 1.82) is 0 Å². The molecule has 96 valence electrons. The summed E-state index contributed by atoms with van der Waals surface area (Å²) in [6, 6.07) is 7.90. The fraction of sp³-hybridized carbons (Fsp3) is 0.333. The number of hydrogen-bond donors (Lipinski definition) is 2. The van der Waals surface area contributed by atoms with Crippen LogP contribution in [-0.2, 0) is 6.54 Å². The topological polar surface area (TPSA) is 72.2 Å². The van der Waals surface area contributed by atoms with E-state index in [1.165, 1.54) is 0 Å². The van der Waals surface area contributed by atoms with Crippen LogP contribution in [0.3, 0.4) is 0 Å². The minimum absolute atomic E-state index is 0.354. The molecule has 0 saturated heterocycles. The number of methoxy groups -OCH3 is 1. The van der Waals surface area contributed by atoms with Crippen molar-refractivity contribution in [2.24, 2.45) is 0 Å². The first-order valence-corrected chi connectivity index (χ1v) is 5.76. The Kier molecular flexibility index (Phi) is 4.14. The Labute approximate surface area is 105 Å². The average molecular weight is 248 g/mol. The summed E-state index contributed by atoms with van der Waals surface area (Å²) < 4.78 is 10.7. The number of nitrogens with zero attached hydrogens (tertiary/aromatic N) is 2. The zero-order valence-electron chi connectivity index (χ0n) is 10.4. The summed E-state index contributed by atoms with van der Waals surface area (Å²) in [6.45, 7) is 3.44. The third-order valence-electron chi connectivity index (χ3n) is 2.34. The van der Waals surface area contributed by atoms with Crippen LogP contribution >= 0.6 is 0 Å². The van der Waals surface area contributed by atoms with E-state index in [2.05, 4.69) is 20.8 Å². The fourth-order valence-electron chi connectivity index (χ4n) is 1.47. The van der Waals surface area contributed by atoms with Crippen LogP contribution in [0.2, 0.25) is 0 Å². The summed E-state index contributed by atoms with van der Waals surface area (Å²) in [7, 11) is 1.62. The number of ether oxygens (including phenoxy) is 1. The highest BCUT2D eigenvalue weighted by molar-refractivity contribution is 5.61. The Morgan fingerprint density at radius 3 is 2.89 bits per heavy atom. The summed E-state index contributed by atoms with van der Waals surface area (Å²) in [5.74, 6) is 1.28. The van der Waals surface area contributed by atoms with Crippen LogP contribution in [0.5, 0.6) is 5.75 Å². The Balaban J connectivity index is 2.06. The molecule has 2 aromatic rings. The van der Waals surface area contributed by atoms with Crippen molar-refractivity contribution in [2.45, 2.75) is 13.5 Å². The standard InChI is InChI=1S/C12H16N4O2/c1-3-13-8-11-15-16-12(18-11)14-9-6-4-5-7-10(9)17-2/h4-7,13H,3,8H2,1-2H3,(H,14,16). The maximum absolute atomic E-state index is 5.44. The third kappa shape index (κ3) is 2.98. The van der Waals surface area contributed by atoms with Crippen molar-refractivity contribution in [2.75, 3.05) is 19.0 Å². The molecular weight excluding hydrogens is 232 g/mol. The maximum Gasteiger partial charge on any atom is 0.320 e. The van der Waals surface area contributed by atoms with Crippen LogP contribution in [0.4, 0.5) is 11.7 Å². The van der Waals surface area contributed by atoms with Crippen LogP contribution in [0.25, 0.3) is 0 Å². The van der Waals surface area contributed by atoms with E-state index < -0.39 is 0 Å². The molecule has 18 heavy (non-hydrogen) atoms. The minimum Gasteiger partial charge on any atom is -0.495 e. The highest BCUT2D eigenvalue weighted by Gasteiger charge is 2.08. The normalized spacial score (nSPS) is 10.3. The molecule has 1 aromatic heterocycles. The summed E-state index contributed by atoms with van der Waals surface area (Å²) >= 11 is 0. The lowest BCUT2D eigenvalue weighted by Crippen LogP contribution is -2.11. The van der Waals surface area contributed by atoms with E-state index in [4.69, 9.17) is 9.15 Å². The van der Waals surface area contributed by atoms with Crippen LogP contribution in [0, 0.1) is 0 Å². The molecule has 0 aliphatic carbocycles. The fourth-order valence-corrected chi connectivity index (χ4v) is 1.47. The summed E-state index contributed by atoms with van der Waals surface area (Å²) in [6.07, 6.45) is 0. The molecule has 2 rings (SSSR count). The van der Waals surface area contributed by atoms with Crippen molar-refractivity contribution >= 4 is 11.7 Å². The Morgan fingerprint density at radius 2 is 2.11 bits per heavy atom. The number of hydrogen-bond acceptors (Lipinski definition) is 6. The molecule has 1 aromatic carbocycles. The molecular formula is C12H16N4O2. The van der Waals surface area contributed by atoms with Gasteiger partial charge in [0.05, 0.1) is 19.3 Å². The van der Waals surface area contributed by atoms with Gasteiger partial charge >= 0.3 is 6.01 Å². The Morgan fingerprint density at radius 1 is 1.28 bits per heavy atom. The molecule has 0 aliphatic rings. The molecule has 0 radical (unpaired) electrons. The molecule has 1 heterocycles. The van der Waals surface area contributed by atoms with Crippen molar-refractivity contribution in [1.82, 2.24) is 15.5 Å². The summed E-state index contributed by atoms with van der Waals surface area (Å²) in [5.41, 5.74) is 0.790. The van der Waals surface area contributed by atoms with E-state index in [9.17, 15) is 0 Å². The SMILES string of the molecule is CCNCc1nnc(Nc2ccccc2OC)o1. The molecule has 0 spiro atoms. The largest absolute Gasteiger partial charge is 0.495 e. The van der Waals surface area contributed by atoms with E-state index in [1.807, 2.05) is 31.2 Å². The lowest BCUT2D eigenvalue weighted by atomic mass is 10.3. The highest BCUT2D eigenvalue weighted by atomic mass is 16.5. The molecule has 6 nitrogen and oxygen atoms in total. The zero-order valence-corrected chi connectivity index (χ0v) is 10.4. The van der Waals surface area contributed by atoms with Gasteiger partial charge in [-0.2, -0.15) is 0 Å². The van der Waals surface area contributed by atoms with Gasteiger partial charge in [-0.3, -0.25) is 0 Å². The summed E-state index contributed by atoms with van der Waals surface area (Å²) in [5, 5.41) is 14.0. The van der Waals surface area contributed by atoms with Crippen molar-refractivity contribution in [3.05, 3.63) is 30.2 Å². The molecule has 0 amide bonds. The number of aromatic nitrogens is 2. The van der Waals surface area contributed by atoms with Crippen LogP contribution < -0.4 is 15.4 Å². The second-order valence-corrected chi connectivity index (χ2v) is 3.61. The van der Waals surface area contributed by atoms with Gasteiger partial charge in [-0.15, -0.1) is 5.10 Å². The predicted molar refractivity (Wildman–Crippen MR) is 68.0 cm³/mol. The van der Waals surface area contributed by atoms with E-state index in [0.717, 1.165) is 18.0 Å². The van der Waals surface area contributed by atoms with Crippen molar-refractivity contribution in [3.8, 4) is 5.75 Å². The smallest absolute Gasteiger partial charge is 0.320 e. The number of benzene rings is 1. The molecule has 0 aliphatic heterocycles. The van der Waals surface area contributed by atoms with Crippen LogP contribution in [-0.4, -0.2) is 23.9 Å². The lowest BCUT2D eigenvalue weighted by Gasteiger charge is -2.06. The van der Waals surface area contributed by atoms with Crippen LogP contribution in [0.1, 0.15) is 12.8 Å². The molecule has 0 saturated carbocycles. The Hall–Kier alpha value is -2.08. The van der Waals surface area contributed by atoms with Gasteiger partial charge < -0.3 is 19.8 Å². The van der Waals surface area contributed by atoms with Crippen molar-refractivity contribution < 1.29 is 9.15 Å². The van der Waals surface area contributed by atoms with Crippen molar-refractivity contribution in [3.63, 3.8) is 0 Å². The molecule has 0 atom stereocenters. The molecule has 6 heteroatoms. The first-order valence-electron chi connectivity index (χ1n) is 5.76. The van der Waals surface area contributed by atoms with Gasteiger partial charge in [0.1, 0.15) is 5.75 Å². The van der Waals surface area contributed by atoms with Gasteiger partial charge in [0, 0.05) is 0 Å². The molecule has 0 fully saturated rings. The quantitative estimate of drug-likeness (QED) is 0.813. The number of anilines is 2. The van der Waals surface area contributed by atoms with E-state index in [0.29, 0.717) is 18.5 Å². The van der Waals surface area contributed by atoms with Gasteiger partial charge in [0.15, 0.2) is 0 Å². The molecule has 2 N–H and O–H groups in total. The average Bonchev–Trinajstić information content (AvgIpc) is 2.84. The zero-order chi connectivity index (χ0) is 12.8. The number of nitrogens with one attached hydrogen (secondary N) is 2. The van der Waals surface area contributed by atoms with Crippen LogP contribution in [0.15, 0.2) is 28.7 Å². The first kappa shape index (κ1) is 12.4. The van der Waals surface area contributed by atoms with E-state index in [-0.39, 0.29) is 0 Å². The van der Waals surface area contributed by atoms with Gasteiger partial charge in [-0.1, -0.05) is 24.2 Å². The van der Waals surface area contributed by atoms with Gasteiger partial charge in [0.2, 0.25) is 5.89 Å². The first-order chi connectivity index (χ1) is 8.83. The predicted octanol–water partition coefficient (Wildman–Crippen LogP) is 1.93. The van der Waals surface area contributed by atoms with E-state index in [1.54, 1.807) is 7.11 Å². The lowest BCUT2D eigenvalue weighted by molar-refractivity contribution is 0.416. The van der Waals surface area contributed by atoms with Gasteiger partial charge in [0.25, 0.3) is 0 Å². The second-order valence-electron chi connectivity index (χ2n) is 3.61. The number of rotatable bonds is 6. The van der Waals surface area contributed by atoms with E-state index >= 15 is 0 Å².